The number of esters is 1. The van der Waals surface area contributed by atoms with Crippen LogP contribution in [0.25, 0.3) is 0 Å². The summed E-state index contributed by atoms with van der Waals surface area (Å²) in [4.78, 5) is 36.2. The Morgan fingerprint density at radius 1 is 0.943 bits per heavy atom. The normalized spacial score (nSPS) is 10.4. The van der Waals surface area contributed by atoms with Crippen LogP contribution in [0.1, 0.15) is 39.5 Å². The fraction of sp³-hybridized carbons (Fsp3) is 0.222. The number of carbonyl (C=O) groups excluding carboxylic acids is 3. The van der Waals surface area contributed by atoms with Gasteiger partial charge in [0.15, 0.2) is 0 Å². The topological polar surface area (TPSA) is 114 Å². The zero-order valence-electron chi connectivity index (χ0n) is 20.1. The Hall–Kier alpha value is -4.33. The molecule has 0 radical (unpaired) electrons. The van der Waals surface area contributed by atoms with Crippen LogP contribution >= 0.6 is 0 Å². The molecule has 35 heavy (non-hydrogen) atoms. The summed E-state index contributed by atoms with van der Waals surface area (Å²) >= 11 is 0. The first-order chi connectivity index (χ1) is 16.7. The van der Waals surface area contributed by atoms with Crippen LogP contribution in [0.5, 0.6) is 17.2 Å². The van der Waals surface area contributed by atoms with E-state index in [1.165, 1.54) is 12.1 Å². The van der Waals surface area contributed by atoms with Gasteiger partial charge in [-0.05, 0) is 74.7 Å². The van der Waals surface area contributed by atoms with Crippen LogP contribution in [0.2, 0.25) is 0 Å². The number of phenolic OH excluding ortho intramolecular Hbond substituents is 1. The van der Waals surface area contributed by atoms with Crippen molar-refractivity contribution in [2.75, 3.05) is 11.9 Å². The average Bonchev–Trinajstić information content (AvgIpc) is 2.81. The highest BCUT2D eigenvalue weighted by molar-refractivity contribution is 6.37. The van der Waals surface area contributed by atoms with E-state index in [2.05, 4.69) is 10.6 Å². The molecule has 182 valence electrons. The van der Waals surface area contributed by atoms with Gasteiger partial charge < -0.3 is 25.2 Å². The summed E-state index contributed by atoms with van der Waals surface area (Å²) in [7, 11) is 0. The van der Waals surface area contributed by atoms with Crippen molar-refractivity contribution in [3.05, 3.63) is 82.4 Å². The Morgan fingerprint density at radius 2 is 1.66 bits per heavy atom. The number of aryl methyl sites for hydroxylation is 3. The summed E-state index contributed by atoms with van der Waals surface area (Å²) in [6.45, 7) is 7.60. The van der Waals surface area contributed by atoms with Gasteiger partial charge in [0.05, 0.1) is 12.2 Å². The summed E-state index contributed by atoms with van der Waals surface area (Å²) < 4.78 is 10.7. The third kappa shape index (κ3) is 6.60. The van der Waals surface area contributed by atoms with Crippen molar-refractivity contribution in [3.8, 4) is 17.2 Å². The van der Waals surface area contributed by atoms with Crippen molar-refractivity contribution in [2.24, 2.45) is 0 Å². The minimum Gasteiger partial charge on any atom is -0.507 e. The molecule has 0 heterocycles. The number of benzene rings is 3. The van der Waals surface area contributed by atoms with E-state index in [4.69, 9.17) is 9.47 Å². The standard InChI is InChI=1S/C27H28N2O6/c1-5-34-27(33)26(32)29-20-12-17(3)24(18(4)13-20)35-21-9-10-23(30)22(14-21)25(31)28-15-19-8-6-7-16(2)11-19/h6-14,30H,5,15H2,1-4H3,(H,28,31)(H,29,32). The van der Waals surface area contributed by atoms with Crippen molar-refractivity contribution in [1.82, 2.24) is 5.32 Å². The molecule has 0 aliphatic carbocycles. The van der Waals surface area contributed by atoms with Gasteiger partial charge in [0.25, 0.3) is 5.91 Å². The van der Waals surface area contributed by atoms with Crippen molar-refractivity contribution in [3.63, 3.8) is 0 Å². The Labute approximate surface area is 203 Å². The lowest BCUT2D eigenvalue weighted by Crippen LogP contribution is -2.25. The Morgan fingerprint density at radius 3 is 2.31 bits per heavy atom. The molecule has 0 bridgehead atoms. The summed E-state index contributed by atoms with van der Waals surface area (Å²) in [5.41, 5.74) is 3.94. The summed E-state index contributed by atoms with van der Waals surface area (Å²) in [6, 6.07) is 15.5. The van der Waals surface area contributed by atoms with E-state index in [1.54, 1.807) is 39.0 Å². The largest absolute Gasteiger partial charge is 0.507 e. The Balaban J connectivity index is 1.74. The van der Waals surface area contributed by atoms with E-state index in [9.17, 15) is 19.5 Å². The van der Waals surface area contributed by atoms with E-state index in [0.717, 1.165) is 11.1 Å². The lowest BCUT2D eigenvalue weighted by atomic mass is 10.1. The van der Waals surface area contributed by atoms with Gasteiger partial charge in [0.1, 0.15) is 17.2 Å². The predicted molar refractivity (Wildman–Crippen MR) is 132 cm³/mol. The van der Waals surface area contributed by atoms with E-state index in [0.29, 0.717) is 34.9 Å². The number of nitrogens with one attached hydrogen (secondary N) is 2. The first-order valence-electron chi connectivity index (χ1n) is 11.1. The third-order valence-corrected chi connectivity index (χ3v) is 5.15. The number of rotatable bonds is 7. The molecule has 0 fully saturated rings. The highest BCUT2D eigenvalue weighted by atomic mass is 16.5. The molecule has 0 saturated heterocycles. The molecule has 0 saturated carbocycles. The van der Waals surface area contributed by atoms with Gasteiger partial charge in [-0.15, -0.1) is 0 Å². The predicted octanol–water partition coefficient (Wildman–Crippen LogP) is 4.54. The Kier molecular flexibility index (Phi) is 8.09. The number of aromatic hydroxyl groups is 1. The van der Waals surface area contributed by atoms with Gasteiger partial charge in [-0.1, -0.05) is 29.8 Å². The van der Waals surface area contributed by atoms with Crippen LogP contribution in [0, 0.1) is 20.8 Å². The molecule has 3 rings (SSSR count). The molecule has 3 aromatic rings. The van der Waals surface area contributed by atoms with Gasteiger partial charge in [0, 0.05) is 12.2 Å². The van der Waals surface area contributed by atoms with Crippen LogP contribution in [0.3, 0.4) is 0 Å². The van der Waals surface area contributed by atoms with Crippen LogP contribution < -0.4 is 15.4 Å². The van der Waals surface area contributed by atoms with Gasteiger partial charge in [0.2, 0.25) is 0 Å². The summed E-state index contributed by atoms with van der Waals surface area (Å²) in [5, 5.41) is 15.5. The maximum Gasteiger partial charge on any atom is 0.397 e. The number of phenols is 1. The molecule has 0 spiro atoms. The minimum atomic E-state index is -0.958. The quantitative estimate of drug-likeness (QED) is 0.341. The van der Waals surface area contributed by atoms with Crippen molar-refractivity contribution in [2.45, 2.75) is 34.2 Å². The first kappa shape index (κ1) is 25.3. The molecule has 0 atom stereocenters. The highest BCUT2D eigenvalue weighted by Gasteiger charge is 2.17. The second-order valence-electron chi connectivity index (χ2n) is 8.07. The lowest BCUT2D eigenvalue weighted by Gasteiger charge is -2.15. The molecule has 3 N–H and O–H groups in total. The molecule has 8 nitrogen and oxygen atoms in total. The fourth-order valence-corrected chi connectivity index (χ4v) is 3.54. The highest BCUT2D eigenvalue weighted by Crippen LogP contribution is 2.33. The molecule has 3 aromatic carbocycles. The average molecular weight is 477 g/mol. The van der Waals surface area contributed by atoms with Gasteiger partial charge in [-0.2, -0.15) is 0 Å². The fourth-order valence-electron chi connectivity index (χ4n) is 3.54. The zero-order chi connectivity index (χ0) is 25.5. The second-order valence-corrected chi connectivity index (χ2v) is 8.07. The van der Waals surface area contributed by atoms with Gasteiger partial charge >= 0.3 is 11.9 Å². The molecule has 2 amide bonds. The lowest BCUT2D eigenvalue weighted by molar-refractivity contribution is -0.152. The first-order valence-corrected chi connectivity index (χ1v) is 11.1. The minimum absolute atomic E-state index is 0.0868. The van der Waals surface area contributed by atoms with Crippen LogP contribution in [0.15, 0.2) is 54.6 Å². The van der Waals surface area contributed by atoms with Crippen molar-refractivity contribution >= 4 is 23.5 Å². The van der Waals surface area contributed by atoms with Crippen LogP contribution in [-0.4, -0.2) is 29.5 Å². The molecule has 0 unspecified atom stereocenters. The molecule has 0 aliphatic rings. The number of carbonyl (C=O) groups is 3. The molecule has 0 aliphatic heterocycles. The SMILES string of the molecule is CCOC(=O)C(=O)Nc1cc(C)c(Oc2ccc(O)c(C(=O)NCc3cccc(C)c3)c2)c(C)c1. The summed E-state index contributed by atoms with van der Waals surface area (Å²) in [6.07, 6.45) is 0. The number of hydrogen-bond acceptors (Lipinski definition) is 6. The number of ether oxygens (including phenoxy) is 2. The van der Waals surface area contributed by atoms with Crippen molar-refractivity contribution < 1.29 is 29.0 Å². The number of anilines is 1. The molecule has 0 aromatic heterocycles. The third-order valence-electron chi connectivity index (χ3n) is 5.15. The molecular formula is C27H28N2O6. The molecule has 8 heteroatoms. The van der Waals surface area contributed by atoms with Gasteiger partial charge in [-0.3, -0.25) is 9.59 Å². The number of hydrogen-bond donors (Lipinski definition) is 3. The van der Waals surface area contributed by atoms with Crippen LogP contribution in [0.4, 0.5) is 5.69 Å². The summed E-state index contributed by atoms with van der Waals surface area (Å²) in [5.74, 6) is -1.53. The molecular weight excluding hydrogens is 448 g/mol. The van der Waals surface area contributed by atoms with E-state index < -0.39 is 17.8 Å². The van der Waals surface area contributed by atoms with E-state index in [1.807, 2.05) is 31.2 Å². The van der Waals surface area contributed by atoms with E-state index in [-0.39, 0.29) is 17.9 Å². The number of amides is 2. The Bertz CT molecular complexity index is 1250. The monoisotopic (exact) mass is 476 g/mol. The maximum atomic E-state index is 12.7. The smallest absolute Gasteiger partial charge is 0.397 e. The second kappa shape index (κ2) is 11.2. The maximum absolute atomic E-state index is 12.7. The van der Waals surface area contributed by atoms with Crippen molar-refractivity contribution in [1.29, 1.82) is 0 Å². The zero-order valence-corrected chi connectivity index (χ0v) is 20.1. The van der Waals surface area contributed by atoms with Crippen LogP contribution in [-0.2, 0) is 20.9 Å². The van der Waals surface area contributed by atoms with E-state index >= 15 is 0 Å². The van der Waals surface area contributed by atoms with Gasteiger partial charge in [-0.25, -0.2) is 4.79 Å².